The van der Waals surface area contributed by atoms with Crippen LogP contribution in [0, 0.1) is 0 Å². The Morgan fingerprint density at radius 3 is 2.76 bits per heavy atom. The molecule has 0 aliphatic heterocycles. The topological polar surface area (TPSA) is 46.2 Å². The zero-order valence-electron chi connectivity index (χ0n) is 9.06. The summed E-state index contributed by atoms with van der Waals surface area (Å²) in [5.41, 5.74) is 7.46. The molecule has 0 atom stereocenters. The van der Waals surface area contributed by atoms with Crippen LogP contribution in [-0.4, -0.2) is 5.11 Å². The Bertz CT molecular complexity index is 531. The molecule has 0 aromatic heterocycles. The van der Waals surface area contributed by atoms with Gasteiger partial charge in [0, 0.05) is 16.3 Å². The van der Waals surface area contributed by atoms with Gasteiger partial charge in [-0.25, -0.2) is 0 Å². The van der Waals surface area contributed by atoms with E-state index in [-0.39, 0.29) is 5.75 Å². The molecular weight excluding hydrogens is 254 g/mol. The molecule has 0 aliphatic carbocycles. The molecule has 17 heavy (non-hydrogen) atoms. The van der Waals surface area contributed by atoms with E-state index in [1.807, 2.05) is 18.2 Å². The van der Waals surface area contributed by atoms with E-state index in [0.29, 0.717) is 10.7 Å². The second-order valence-corrected chi connectivity index (χ2v) is 5.07. The summed E-state index contributed by atoms with van der Waals surface area (Å²) in [6, 6.07) is 12.6. The van der Waals surface area contributed by atoms with Gasteiger partial charge in [0.2, 0.25) is 0 Å². The number of halogens is 1. The fourth-order valence-corrected chi connectivity index (χ4v) is 2.65. The van der Waals surface area contributed by atoms with Gasteiger partial charge in [0.05, 0.1) is 5.02 Å². The van der Waals surface area contributed by atoms with Gasteiger partial charge >= 0.3 is 0 Å². The highest BCUT2D eigenvalue weighted by atomic mass is 35.5. The Kier molecular flexibility index (Phi) is 3.82. The monoisotopic (exact) mass is 265 g/mol. The van der Waals surface area contributed by atoms with Gasteiger partial charge in [-0.2, -0.15) is 0 Å². The number of hydrogen-bond acceptors (Lipinski definition) is 3. The van der Waals surface area contributed by atoms with E-state index in [9.17, 15) is 5.11 Å². The molecule has 2 aromatic carbocycles. The SMILES string of the molecule is Nc1ccc(Cl)c(SCc2cccc(O)c2)c1. The van der Waals surface area contributed by atoms with Crippen molar-refractivity contribution in [1.29, 1.82) is 0 Å². The number of hydrogen-bond donors (Lipinski definition) is 2. The molecule has 2 aromatic rings. The van der Waals surface area contributed by atoms with Crippen LogP contribution in [0.3, 0.4) is 0 Å². The maximum Gasteiger partial charge on any atom is 0.115 e. The van der Waals surface area contributed by atoms with Gasteiger partial charge in [-0.1, -0.05) is 23.7 Å². The molecule has 0 unspecified atom stereocenters. The predicted molar refractivity (Wildman–Crippen MR) is 73.5 cm³/mol. The van der Waals surface area contributed by atoms with Gasteiger partial charge in [-0.3, -0.25) is 0 Å². The third kappa shape index (κ3) is 3.32. The average molecular weight is 266 g/mol. The van der Waals surface area contributed by atoms with Gasteiger partial charge in [-0.15, -0.1) is 11.8 Å². The van der Waals surface area contributed by atoms with Crippen molar-refractivity contribution < 1.29 is 5.11 Å². The highest BCUT2D eigenvalue weighted by molar-refractivity contribution is 7.98. The largest absolute Gasteiger partial charge is 0.508 e. The minimum Gasteiger partial charge on any atom is -0.508 e. The van der Waals surface area contributed by atoms with Crippen molar-refractivity contribution in [3.05, 3.63) is 53.1 Å². The maximum absolute atomic E-state index is 9.35. The molecule has 0 aliphatic rings. The molecule has 0 fully saturated rings. The lowest BCUT2D eigenvalue weighted by molar-refractivity contribution is 0.475. The molecule has 3 N–H and O–H groups in total. The molecule has 0 amide bonds. The number of nitrogen functional groups attached to an aromatic ring is 1. The normalized spacial score (nSPS) is 10.4. The second-order valence-electron chi connectivity index (χ2n) is 3.65. The number of thioether (sulfide) groups is 1. The van der Waals surface area contributed by atoms with Crippen molar-refractivity contribution in [2.75, 3.05) is 5.73 Å². The number of phenolic OH excluding ortho intramolecular Hbond substituents is 1. The quantitative estimate of drug-likeness (QED) is 0.653. The molecular formula is C13H12ClNOS. The molecule has 4 heteroatoms. The van der Waals surface area contributed by atoms with E-state index in [4.69, 9.17) is 17.3 Å². The van der Waals surface area contributed by atoms with Crippen molar-refractivity contribution in [3.8, 4) is 5.75 Å². The van der Waals surface area contributed by atoms with E-state index in [2.05, 4.69) is 0 Å². The number of aromatic hydroxyl groups is 1. The second kappa shape index (κ2) is 5.34. The summed E-state index contributed by atoms with van der Waals surface area (Å²) in [4.78, 5) is 0.954. The number of phenols is 1. The molecule has 88 valence electrons. The van der Waals surface area contributed by atoms with E-state index in [1.54, 1.807) is 36.0 Å². The lowest BCUT2D eigenvalue weighted by Crippen LogP contribution is -1.86. The van der Waals surface area contributed by atoms with Gasteiger partial charge in [0.1, 0.15) is 5.75 Å². The minimum atomic E-state index is 0.279. The third-order valence-electron chi connectivity index (χ3n) is 2.26. The average Bonchev–Trinajstić information content (AvgIpc) is 2.30. The lowest BCUT2D eigenvalue weighted by atomic mass is 10.2. The van der Waals surface area contributed by atoms with Crippen molar-refractivity contribution in [3.63, 3.8) is 0 Å². The van der Waals surface area contributed by atoms with E-state index < -0.39 is 0 Å². The highest BCUT2D eigenvalue weighted by Gasteiger charge is 2.03. The van der Waals surface area contributed by atoms with Crippen LogP contribution in [0.25, 0.3) is 0 Å². The van der Waals surface area contributed by atoms with Crippen molar-refractivity contribution in [2.24, 2.45) is 0 Å². The number of benzene rings is 2. The summed E-state index contributed by atoms with van der Waals surface area (Å²) >= 11 is 7.67. The van der Waals surface area contributed by atoms with Crippen LogP contribution >= 0.6 is 23.4 Å². The summed E-state index contributed by atoms with van der Waals surface area (Å²) < 4.78 is 0. The number of anilines is 1. The summed E-state index contributed by atoms with van der Waals surface area (Å²) in [6.45, 7) is 0. The van der Waals surface area contributed by atoms with E-state index >= 15 is 0 Å². The van der Waals surface area contributed by atoms with Crippen LogP contribution in [0.1, 0.15) is 5.56 Å². The first-order valence-corrected chi connectivity index (χ1v) is 6.47. The standard InChI is InChI=1S/C13H12ClNOS/c14-12-5-4-10(15)7-13(12)17-8-9-2-1-3-11(16)6-9/h1-7,16H,8,15H2. The third-order valence-corrected chi connectivity index (χ3v) is 3.83. The molecule has 2 rings (SSSR count). The van der Waals surface area contributed by atoms with Crippen molar-refractivity contribution in [2.45, 2.75) is 10.6 Å². The molecule has 0 saturated carbocycles. The first kappa shape index (κ1) is 12.1. The molecule has 0 heterocycles. The maximum atomic E-state index is 9.35. The van der Waals surface area contributed by atoms with Gasteiger partial charge < -0.3 is 10.8 Å². The molecule has 0 radical (unpaired) electrons. The van der Waals surface area contributed by atoms with Crippen LogP contribution in [0.15, 0.2) is 47.4 Å². The van der Waals surface area contributed by atoms with E-state index in [1.165, 1.54) is 0 Å². The summed E-state index contributed by atoms with van der Waals surface area (Å²) in [5.74, 6) is 1.03. The van der Waals surface area contributed by atoms with Crippen molar-refractivity contribution >= 4 is 29.1 Å². The Labute approximate surface area is 109 Å². The van der Waals surface area contributed by atoms with Crippen molar-refractivity contribution in [1.82, 2.24) is 0 Å². The molecule has 0 spiro atoms. The zero-order valence-corrected chi connectivity index (χ0v) is 10.6. The predicted octanol–water partition coefficient (Wildman–Crippen LogP) is 3.92. The summed E-state index contributed by atoms with van der Waals surface area (Å²) in [5, 5.41) is 10.1. The Morgan fingerprint density at radius 1 is 1.18 bits per heavy atom. The van der Waals surface area contributed by atoms with Gasteiger partial charge in [0.15, 0.2) is 0 Å². The van der Waals surface area contributed by atoms with Gasteiger partial charge in [0.25, 0.3) is 0 Å². The number of nitrogens with two attached hydrogens (primary N) is 1. The fraction of sp³-hybridized carbons (Fsp3) is 0.0769. The lowest BCUT2D eigenvalue weighted by Gasteiger charge is -2.05. The molecule has 0 saturated heterocycles. The Morgan fingerprint density at radius 2 is 2.00 bits per heavy atom. The number of rotatable bonds is 3. The van der Waals surface area contributed by atoms with Crippen LogP contribution in [0.4, 0.5) is 5.69 Å². The molecule has 2 nitrogen and oxygen atoms in total. The summed E-state index contributed by atoms with van der Waals surface area (Å²) in [6.07, 6.45) is 0. The smallest absolute Gasteiger partial charge is 0.115 e. The van der Waals surface area contributed by atoms with Crippen LogP contribution in [-0.2, 0) is 5.75 Å². The zero-order chi connectivity index (χ0) is 12.3. The first-order chi connectivity index (χ1) is 8.15. The highest BCUT2D eigenvalue weighted by Crippen LogP contribution is 2.31. The fourth-order valence-electron chi connectivity index (χ4n) is 1.44. The van der Waals surface area contributed by atoms with E-state index in [0.717, 1.165) is 16.2 Å². The first-order valence-electron chi connectivity index (χ1n) is 5.11. The van der Waals surface area contributed by atoms with Crippen LogP contribution in [0.5, 0.6) is 5.75 Å². The van der Waals surface area contributed by atoms with Gasteiger partial charge in [-0.05, 0) is 35.9 Å². The molecule has 0 bridgehead atoms. The Hall–Kier alpha value is -1.32. The van der Waals surface area contributed by atoms with Crippen LogP contribution < -0.4 is 5.73 Å². The minimum absolute atomic E-state index is 0.279. The summed E-state index contributed by atoms with van der Waals surface area (Å²) in [7, 11) is 0. The van der Waals surface area contributed by atoms with Crippen LogP contribution in [0.2, 0.25) is 5.02 Å². The Balaban J connectivity index is 2.09.